The summed E-state index contributed by atoms with van der Waals surface area (Å²) in [5, 5.41) is 0. The van der Waals surface area contributed by atoms with Crippen LogP contribution < -0.4 is 4.72 Å². The Balaban J connectivity index is 1.51. The summed E-state index contributed by atoms with van der Waals surface area (Å²) in [6.45, 7) is 0.429. The molecule has 6 nitrogen and oxygen atoms in total. The van der Waals surface area contributed by atoms with E-state index in [0.717, 1.165) is 31.2 Å². The molecule has 2 aliphatic rings. The van der Waals surface area contributed by atoms with Crippen molar-refractivity contribution in [2.24, 2.45) is 5.92 Å². The molecule has 186 valence electrons. The molecule has 1 aliphatic heterocycles. The number of piperidine rings is 1. The van der Waals surface area contributed by atoms with Crippen molar-refractivity contribution in [2.45, 2.75) is 56.6 Å². The molecule has 1 saturated carbocycles. The van der Waals surface area contributed by atoms with E-state index in [-0.39, 0.29) is 23.9 Å². The molecule has 2 fully saturated rings. The van der Waals surface area contributed by atoms with Gasteiger partial charge in [0.15, 0.2) is 6.61 Å². The second kappa shape index (κ2) is 12.8. The highest BCUT2D eigenvalue weighted by Gasteiger charge is 2.34. The molecule has 3 rings (SSSR count). The Kier molecular flexibility index (Phi) is 10.2. The number of benzene rings is 1. The number of carbonyl (C=O) groups is 1. The van der Waals surface area contributed by atoms with Crippen LogP contribution in [0.25, 0.3) is 0 Å². The van der Waals surface area contributed by atoms with Gasteiger partial charge in [-0.1, -0.05) is 12.1 Å². The number of nitrogens with one attached hydrogen (secondary N) is 1. The van der Waals surface area contributed by atoms with Crippen LogP contribution in [-0.4, -0.2) is 74.3 Å². The van der Waals surface area contributed by atoms with Gasteiger partial charge in [-0.15, -0.1) is 0 Å². The zero-order valence-corrected chi connectivity index (χ0v) is 20.0. The van der Waals surface area contributed by atoms with E-state index in [1.165, 1.54) is 23.1 Å². The summed E-state index contributed by atoms with van der Waals surface area (Å²) in [5.41, 5.74) is 1.05. The Bertz CT molecular complexity index is 751. The first kappa shape index (κ1) is 26.1. The van der Waals surface area contributed by atoms with Gasteiger partial charge in [0.25, 0.3) is 6.43 Å². The number of halogens is 3. The number of rotatable bonds is 9. The third-order valence-electron chi connectivity index (χ3n) is 6.25. The molecule has 0 spiro atoms. The number of ether oxygens (including phenoxy) is 2. The van der Waals surface area contributed by atoms with E-state index in [4.69, 9.17) is 9.47 Å². The summed E-state index contributed by atoms with van der Waals surface area (Å²) in [6.07, 6.45) is 1.13. The largest absolute Gasteiger partial charge is 0.443 e. The average Bonchev–Trinajstić information content (AvgIpc) is 2.80. The first-order chi connectivity index (χ1) is 15.8. The Morgan fingerprint density at radius 2 is 2.00 bits per heavy atom. The van der Waals surface area contributed by atoms with Crippen LogP contribution >= 0.6 is 12.1 Å². The number of likely N-dealkylation sites (tertiary alicyclic amines) is 1. The quantitative estimate of drug-likeness (QED) is 0.509. The minimum Gasteiger partial charge on any atom is -0.443 e. The van der Waals surface area contributed by atoms with Crippen molar-refractivity contribution in [3.63, 3.8) is 0 Å². The molecule has 10 heteroatoms. The van der Waals surface area contributed by atoms with E-state index >= 15 is 0 Å². The summed E-state index contributed by atoms with van der Waals surface area (Å²) >= 11 is 1.49. The number of alkyl halides is 2. The number of amides is 1. The summed E-state index contributed by atoms with van der Waals surface area (Å²) in [5.74, 6) is 0.168. The fourth-order valence-electron chi connectivity index (χ4n) is 4.50. The lowest BCUT2D eigenvalue weighted by Gasteiger charge is -2.39. The van der Waals surface area contributed by atoms with Gasteiger partial charge in [0.05, 0.1) is 12.7 Å². The van der Waals surface area contributed by atoms with E-state index < -0.39 is 19.1 Å². The molecular weight excluding hydrogens is 455 g/mol. The van der Waals surface area contributed by atoms with Crippen LogP contribution in [0.2, 0.25) is 0 Å². The summed E-state index contributed by atoms with van der Waals surface area (Å²) in [7, 11) is 3.88. The molecule has 0 aromatic heterocycles. The molecule has 0 bridgehead atoms. The second-order valence-electron chi connectivity index (χ2n) is 8.95. The highest BCUT2D eigenvalue weighted by atomic mass is 32.2. The van der Waals surface area contributed by atoms with Crippen LogP contribution in [0.15, 0.2) is 24.3 Å². The van der Waals surface area contributed by atoms with Crippen LogP contribution in [0.3, 0.4) is 0 Å². The second-order valence-corrected chi connectivity index (χ2v) is 10.1. The molecule has 1 amide bonds. The molecule has 2 atom stereocenters. The highest BCUT2D eigenvalue weighted by molar-refractivity contribution is 7.95. The van der Waals surface area contributed by atoms with Gasteiger partial charge < -0.3 is 14.4 Å². The van der Waals surface area contributed by atoms with Gasteiger partial charge in [-0.25, -0.2) is 27.0 Å². The molecule has 1 N–H and O–H groups in total. The van der Waals surface area contributed by atoms with E-state index in [1.807, 2.05) is 24.5 Å². The molecule has 1 aromatic rings. The fraction of sp³-hybridized carbons (Fsp3) is 0.696. The van der Waals surface area contributed by atoms with Gasteiger partial charge >= 0.3 is 6.09 Å². The Hall–Kier alpha value is -1.49. The smallest absolute Gasteiger partial charge is 0.409 e. The first-order valence-corrected chi connectivity index (χ1v) is 12.3. The maximum Gasteiger partial charge on any atom is 0.409 e. The minimum atomic E-state index is -2.67. The number of hydrogen-bond donors (Lipinski definition) is 1. The standard InChI is InChI=1S/C23H34F3N3O3S/c1-28(2)33-27-21-10-11-29(23(30)32-15-22(25)26)13-18(21)14-31-20-8-6-16(7-9-20)17-4-3-5-19(24)12-17/h3-5,12,16,18,20-22,27H,6-11,13-15H2,1-2H3/t16-,18?,20+,21?. The van der Waals surface area contributed by atoms with Crippen LogP contribution in [0.4, 0.5) is 18.0 Å². The lowest BCUT2D eigenvalue weighted by molar-refractivity contribution is -0.0204. The highest BCUT2D eigenvalue weighted by Crippen LogP contribution is 2.34. The van der Waals surface area contributed by atoms with Crippen molar-refractivity contribution in [1.82, 2.24) is 13.9 Å². The van der Waals surface area contributed by atoms with Crippen molar-refractivity contribution in [1.29, 1.82) is 0 Å². The predicted octanol–water partition coefficient (Wildman–Crippen LogP) is 4.68. The van der Waals surface area contributed by atoms with Crippen molar-refractivity contribution in [2.75, 3.05) is 40.4 Å². The summed E-state index contributed by atoms with van der Waals surface area (Å²) in [6, 6.07) is 6.95. The first-order valence-electron chi connectivity index (χ1n) is 11.5. The van der Waals surface area contributed by atoms with Gasteiger partial charge in [0.2, 0.25) is 0 Å². The lowest BCUT2D eigenvalue weighted by Crippen LogP contribution is -2.52. The molecule has 33 heavy (non-hydrogen) atoms. The zero-order chi connectivity index (χ0) is 23.8. The van der Waals surface area contributed by atoms with Gasteiger partial charge in [0, 0.05) is 37.2 Å². The van der Waals surface area contributed by atoms with E-state index in [0.29, 0.717) is 32.0 Å². The summed E-state index contributed by atoms with van der Waals surface area (Å²) < 4.78 is 54.7. The van der Waals surface area contributed by atoms with Gasteiger partial charge in [0.1, 0.15) is 5.82 Å². The third-order valence-corrected chi connectivity index (χ3v) is 7.03. The van der Waals surface area contributed by atoms with E-state index in [1.54, 1.807) is 12.1 Å². The van der Waals surface area contributed by atoms with Crippen LogP contribution in [0, 0.1) is 11.7 Å². The zero-order valence-electron chi connectivity index (χ0n) is 19.2. The monoisotopic (exact) mass is 489 g/mol. The average molecular weight is 490 g/mol. The molecule has 1 aromatic carbocycles. The number of nitrogens with zero attached hydrogens (tertiary/aromatic N) is 2. The molecule has 1 heterocycles. The van der Waals surface area contributed by atoms with Crippen LogP contribution in [-0.2, 0) is 9.47 Å². The van der Waals surface area contributed by atoms with Crippen LogP contribution in [0.5, 0.6) is 0 Å². The van der Waals surface area contributed by atoms with Gasteiger partial charge in [-0.3, -0.25) is 0 Å². The molecule has 1 aliphatic carbocycles. The Morgan fingerprint density at radius 1 is 1.24 bits per heavy atom. The minimum absolute atomic E-state index is 0.0197. The van der Waals surface area contributed by atoms with Crippen molar-refractivity contribution < 1.29 is 27.4 Å². The molecular formula is C23H34F3N3O3S. The topological polar surface area (TPSA) is 54.0 Å². The van der Waals surface area contributed by atoms with Crippen molar-refractivity contribution >= 4 is 18.2 Å². The lowest BCUT2D eigenvalue weighted by atomic mass is 9.82. The Morgan fingerprint density at radius 3 is 2.67 bits per heavy atom. The van der Waals surface area contributed by atoms with Crippen molar-refractivity contribution in [3.8, 4) is 0 Å². The van der Waals surface area contributed by atoms with E-state index in [9.17, 15) is 18.0 Å². The van der Waals surface area contributed by atoms with Crippen molar-refractivity contribution in [3.05, 3.63) is 35.6 Å². The number of carbonyl (C=O) groups excluding carboxylic acids is 1. The molecule has 0 radical (unpaired) electrons. The maximum atomic E-state index is 13.5. The van der Waals surface area contributed by atoms with E-state index in [2.05, 4.69) is 4.72 Å². The van der Waals surface area contributed by atoms with Crippen LogP contribution in [0.1, 0.15) is 43.6 Å². The molecule has 1 saturated heterocycles. The Labute approximate surface area is 198 Å². The van der Waals surface area contributed by atoms with Gasteiger partial charge in [-0.2, -0.15) is 0 Å². The summed E-state index contributed by atoms with van der Waals surface area (Å²) in [4.78, 5) is 13.7. The maximum absolute atomic E-state index is 13.5. The van der Waals surface area contributed by atoms with Gasteiger partial charge in [-0.05, 0) is 69.8 Å². The molecule has 2 unspecified atom stereocenters. The predicted molar refractivity (Wildman–Crippen MR) is 123 cm³/mol. The number of hydrogen-bond acceptors (Lipinski definition) is 6. The third kappa shape index (κ3) is 8.35. The normalized spacial score (nSPS) is 26.1. The fourth-order valence-corrected chi connectivity index (χ4v) is 5.16. The SMILES string of the molecule is CN(C)SNC1CCN(C(=O)OCC(F)F)CC1CO[C@H]1CC[C@@H](c2cccc(F)c2)CC1.